The van der Waals surface area contributed by atoms with Gasteiger partial charge < -0.3 is 0 Å². The molecular formula is C11H13BrO. The van der Waals surface area contributed by atoms with Gasteiger partial charge in [-0.05, 0) is 6.42 Å². The molecule has 0 radical (unpaired) electrons. The number of halogens is 1. The highest BCUT2D eigenvalue weighted by molar-refractivity contribution is 9.09. The van der Waals surface area contributed by atoms with Crippen LogP contribution in [0.5, 0.6) is 0 Å². The molecule has 0 N–H and O–H groups in total. The van der Waals surface area contributed by atoms with Crippen molar-refractivity contribution in [2.45, 2.75) is 13.3 Å². The molecule has 0 saturated heterocycles. The summed E-state index contributed by atoms with van der Waals surface area (Å²) in [5, 5.41) is 0.747. The molecule has 0 heterocycles. The molecule has 1 nitrogen and oxygen atoms in total. The lowest BCUT2D eigenvalue weighted by molar-refractivity contribution is 0.0931. The van der Waals surface area contributed by atoms with Crippen LogP contribution in [0.4, 0.5) is 0 Å². The molecule has 1 aromatic rings. The normalized spacial score (nSPS) is 12.5. The number of hydrogen-bond donors (Lipinski definition) is 0. The summed E-state index contributed by atoms with van der Waals surface area (Å²) in [5.74, 6) is 0.349. The van der Waals surface area contributed by atoms with Crippen LogP contribution in [0.3, 0.4) is 0 Å². The predicted molar refractivity (Wildman–Crippen MR) is 58.3 cm³/mol. The van der Waals surface area contributed by atoms with Crippen molar-refractivity contribution in [3.05, 3.63) is 35.9 Å². The van der Waals surface area contributed by atoms with Crippen LogP contribution in [0.1, 0.15) is 23.7 Å². The van der Waals surface area contributed by atoms with Crippen molar-refractivity contribution in [1.82, 2.24) is 0 Å². The fourth-order valence-corrected chi connectivity index (χ4v) is 1.95. The molecule has 1 aromatic carbocycles. The first-order chi connectivity index (χ1) is 6.29. The van der Waals surface area contributed by atoms with Crippen molar-refractivity contribution in [2.75, 3.05) is 5.33 Å². The molecule has 0 unspecified atom stereocenters. The van der Waals surface area contributed by atoms with Crippen molar-refractivity contribution in [2.24, 2.45) is 5.92 Å². The molecule has 0 aliphatic carbocycles. The lowest BCUT2D eigenvalue weighted by atomic mass is 9.97. The van der Waals surface area contributed by atoms with Gasteiger partial charge in [0, 0.05) is 16.8 Å². The van der Waals surface area contributed by atoms with E-state index < -0.39 is 0 Å². The average molecular weight is 241 g/mol. The molecule has 0 bridgehead atoms. The van der Waals surface area contributed by atoms with Crippen molar-refractivity contribution in [3.63, 3.8) is 0 Å². The smallest absolute Gasteiger partial charge is 0.166 e. The summed E-state index contributed by atoms with van der Waals surface area (Å²) < 4.78 is 0. The van der Waals surface area contributed by atoms with Gasteiger partial charge in [-0.1, -0.05) is 53.2 Å². The Kier molecular flexibility index (Phi) is 4.16. The number of alkyl halides is 1. The van der Waals surface area contributed by atoms with Crippen LogP contribution in [0.15, 0.2) is 30.3 Å². The zero-order chi connectivity index (χ0) is 9.68. The Labute approximate surface area is 87.3 Å². The quantitative estimate of drug-likeness (QED) is 0.584. The van der Waals surface area contributed by atoms with Crippen LogP contribution >= 0.6 is 15.9 Å². The second kappa shape index (κ2) is 5.18. The zero-order valence-electron chi connectivity index (χ0n) is 7.66. The van der Waals surface area contributed by atoms with Gasteiger partial charge in [-0.3, -0.25) is 4.79 Å². The summed E-state index contributed by atoms with van der Waals surface area (Å²) in [6, 6.07) is 9.45. The Bertz CT molecular complexity index is 265. The van der Waals surface area contributed by atoms with Gasteiger partial charge in [0.1, 0.15) is 0 Å². The number of Topliss-reactive ketones (excluding diaryl/α,β-unsaturated/α-hetero) is 1. The van der Waals surface area contributed by atoms with Gasteiger partial charge in [0.2, 0.25) is 0 Å². The van der Waals surface area contributed by atoms with E-state index in [2.05, 4.69) is 15.9 Å². The molecule has 0 spiro atoms. The number of ketones is 1. The molecule has 0 aromatic heterocycles. The Morgan fingerprint density at radius 3 is 2.46 bits per heavy atom. The summed E-state index contributed by atoms with van der Waals surface area (Å²) in [7, 11) is 0. The molecule has 0 aliphatic heterocycles. The molecule has 1 atom stereocenters. The molecular weight excluding hydrogens is 228 g/mol. The van der Waals surface area contributed by atoms with E-state index in [4.69, 9.17) is 0 Å². The third kappa shape index (κ3) is 2.66. The summed E-state index contributed by atoms with van der Waals surface area (Å²) in [6.07, 6.45) is 0.888. The number of rotatable bonds is 4. The van der Waals surface area contributed by atoms with Crippen molar-refractivity contribution in [3.8, 4) is 0 Å². The third-order valence-electron chi connectivity index (χ3n) is 2.11. The largest absolute Gasteiger partial charge is 0.294 e. The highest BCUT2D eigenvalue weighted by Gasteiger charge is 2.15. The lowest BCUT2D eigenvalue weighted by Crippen LogP contribution is -2.14. The number of hydrogen-bond acceptors (Lipinski definition) is 1. The third-order valence-corrected chi connectivity index (χ3v) is 2.89. The van der Waals surface area contributed by atoms with E-state index in [1.807, 2.05) is 37.3 Å². The molecule has 0 fully saturated rings. The first-order valence-corrected chi connectivity index (χ1v) is 5.57. The summed E-state index contributed by atoms with van der Waals surface area (Å²) in [5.41, 5.74) is 0.814. The van der Waals surface area contributed by atoms with Crippen molar-refractivity contribution in [1.29, 1.82) is 0 Å². The maximum Gasteiger partial charge on any atom is 0.166 e. The van der Waals surface area contributed by atoms with Crippen LogP contribution < -0.4 is 0 Å². The standard InChI is InChI=1S/C11H13BrO/c1-2-9(8-12)11(13)10-6-4-3-5-7-10/h3-7,9H,2,8H2,1H3/t9-/m0/s1. The average Bonchev–Trinajstić information content (AvgIpc) is 2.21. The minimum atomic E-state index is 0.113. The van der Waals surface area contributed by atoms with Crippen molar-refractivity contribution >= 4 is 21.7 Å². The van der Waals surface area contributed by atoms with E-state index >= 15 is 0 Å². The number of carbonyl (C=O) groups is 1. The fraction of sp³-hybridized carbons (Fsp3) is 0.364. The highest BCUT2D eigenvalue weighted by Crippen LogP contribution is 2.14. The SMILES string of the molecule is CC[C@@H](CBr)C(=O)c1ccccc1. The highest BCUT2D eigenvalue weighted by atomic mass is 79.9. The van der Waals surface area contributed by atoms with Crippen LogP contribution in [-0.2, 0) is 0 Å². The van der Waals surface area contributed by atoms with E-state index in [-0.39, 0.29) is 11.7 Å². The van der Waals surface area contributed by atoms with Gasteiger partial charge in [0.25, 0.3) is 0 Å². The Balaban J connectivity index is 2.78. The van der Waals surface area contributed by atoms with Gasteiger partial charge in [-0.15, -0.1) is 0 Å². The number of carbonyl (C=O) groups excluding carboxylic acids is 1. The molecule has 70 valence electrons. The first-order valence-electron chi connectivity index (χ1n) is 4.44. The van der Waals surface area contributed by atoms with E-state index in [1.54, 1.807) is 0 Å². The van der Waals surface area contributed by atoms with Gasteiger partial charge in [0.05, 0.1) is 0 Å². The minimum absolute atomic E-state index is 0.113. The van der Waals surface area contributed by atoms with E-state index in [1.165, 1.54) is 0 Å². The van der Waals surface area contributed by atoms with Crippen LogP contribution in [0, 0.1) is 5.92 Å². The Hall–Kier alpha value is -0.630. The van der Waals surface area contributed by atoms with Crippen LogP contribution in [0.25, 0.3) is 0 Å². The van der Waals surface area contributed by atoms with Gasteiger partial charge in [-0.2, -0.15) is 0 Å². The molecule has 2 heteroatoms. The van der Waals surface area contributed by atoms with E-state index in [0.29, 0.717) is 0 Å². The summed E-state index contributed by atoms with van der Waals surface area (Å²) in [6.45, 7) is 2.03. The molecule has 13 heavy (non-hydrogen) atoms. The maximum atomic E-state index is 11.8. The Morgan fingerprint density at radius 2 is 2.00 bits per heavy atom. The summed E-state index contributed by atoms with van der Waals surface area (Å²) >= 11 is 3.35. The van der Waals surface area contributed by atoms with E-state index in [0.717, 1.165) is 17.3 Å². The predicted octanol–water partition coefficient (Wildman–Crippen LogP) is 3.29. The topological polar surface area (TPSA) is 17.1 Å². The first kappa shape index (κ1) is 10.5. The van der Waals surface area contributed by atoms with Gasteiger partial charge in [-0.25, -0.2) is 0 Å². The van der Waals surface area contributed by atoms with E-state index in [9.17, 15) is 4.79 Å². The summed E-state index contributed by atoms with van der Waals surface area (Å²) in [4.78, 5) is 11.8. The molecule has 0 aliphatic rings. The lowest BCUT2D eigenvalue weighted by Gasteiger charge is -2.09. The number of benzene rings is 1. The molecule has 0 saturated carbocycles. The minimum Gasteiger partial charge on any atom is -0.294 e. The molecule has 1 rings (SSSR count). The second-order valence-electron chi connectivity index (χ2n) is 2.99. The van der Waals surface area contributed by atoms with Crippen molar-refractivity contribution < 1.29 is 4.79 Å². The molecule has 0 amide bonds. The van der Waals surface area contributed by atoms with Gasteiger partial charge in [0.15, 0.2) is 5.78 Å². The second-order valence-corrected chi connectivity index (χ2v) is 3.64. The van der Waals surface area contributed by atoms with Gasteiger partial charge >= 0.3 is 0 Å². The fourth-order valence-electron chi connectivity index (χ4n) is 1.20. The zero-order valence-corrected chi connectivity index (χ0v) is 9.25. The monoisotopic (exact) mass is 240 g/mol. The Morgan fingerprint density at radius 1 is 1.38 bits per heavy atom. The van der Waals surface area contributed by atoms with Crippen LogP contribution in [0.2, 0.25) is 0 Å². The maximum absolute atomic E-state index is 11.8. The van der Waals surface area contributed by atoms with Crippen LogP contribution in [-0.4, -0.2) is 11.1 Å².